The number of halogens is 1. The maximum Gasteiger partial charge on any atom is 0.490 e. The van der Waals surface area contributed by atoms with Gasteiger partial charge in [0.15, 0.2) is 6.23 Å². The molecule has 1 fully saturated rings. The summed E-state index contributed by atoms with van der Waals surface area (Å²) < 4.78 is 66.0. The molecule has 34 heavy (non-hydrogen) atoms. The van der Waals surface area contributed by atoms with E-state index in [4.69, 9.17) is 25.8 Å². The fourth-order valence-electron chi connectivity index (χ4n) is 2.75. The molecule has 192 valence electrons. The van der Waals surface area contributed by atoms with Crippen LogP contribution in [0, 0.1) is 0 Å². The van der Waals surface area contributed by atoms with Crippen molar-refractivity contribution in [1.29, 1.82) is 0 Å². The van der Waals surface area contributed by atoms with E-state index < -0.39 is 60.4 Å². The van der Waals surface area contributed by atoms with Gasteiger partial charge in [-0.2, -0.15) is 8.62 Å². The summed E-state index contributed by atoms with van der Waals surface area (Å²) in [6.45, 7) is 0.967. The Balaban J connectivity index is 2.31. The normalized spacial score (nSPS) is 33.1. The van der Waals surface area contributed by atoms with Gasteiger partial charge in [-0.05, 0) is 11.6 Å². The molecule has 0 saturated carbocycles. The Kier molecular flexibility index (Phi) is 8.16. The summed E-state index contributed by atoms with van der Waals surface area (Å²) in [6, 6.07) is 0. The van der Waals surface area contributed by atoms with Crippen molar-refractivity contribution in [1.82, 2.24) is 4.90 Å². The summed E-state index contributed by atoms with van der Waals surface area (Å²) >= 11 is 0. The van der Waals surface area contributed by atoms with Crippen molar-refractivity contribution in [3.63, 3.8) is 0 Å². The number of alkyl halides is 1. The van der Waals surface area contributed by atoms with Gasteiger partial charge in [-0.25, -0.2) is 23.1 Å². The zero-order valence-corrected chi connectivity index (χ0v) is 19.2. The second kappa shape index (κ2) is 9.73. The predicted molar refractivity (Wildman–Crippen MR) is 105 cm³/mol. The topological polar surface area (TPSA) is 300 Å². The summed E-state index contributed by atoms with van der Waals surface area (Å²) in [4.78, 5) is 42.7. The fraction of sp³-hybridized carbons (Fsp3) is 0.545. The molecule has 2 heterocycles. The molecule has 0 spiro atoms. The molecule has 0 radical (unpaired) electrons. The van der Waals surface area contributed by atoms with Crippen molar-refractivity contribution in [2.24, 2.45) is 15.8 Å². The summed E-state index contributed by atoms with van der Waals surface area (Å²) in [7, 11) is -17.3. The number of phosphoric acid groups is 3. The molecular formula is C11H18FN6O13P3. The Labute approximate surface area is 188 Å². The Hall–Kier alpha value is -1.72. The number of amidine groups is 1. The second-order valence-electron chi connectivity index (χ2n) is 6.59. The number of nitrogens with zero attached hydrogens (tertiary/aromatic N) is 5. The van der Waals surface area contributed by atoms with Gasteiger partial charge in [0.1, 0.15) is 23.4 Å². The minimum atomic E-state index is -5.89. The minimum absolute atomic E-state index is 0.0600. The third-order valence-corrected chi connectivity index (χ3v) is 7.86. The second-order valence-corrected chi connectivity index (χ2v) is 11.0. The molecule has 0 amide bonds. The average Bonchev–Trinajstić information content (AvgIpc) is 2.83. The van der Waals surface area contributed by atoms with Crippen LogP contribution < -0.4 is 5.73 Å². The largest absolute Gasteiger partial charge is 0.490 e. The van der Waals surface area contributed by atoms with Crippen LogP contribution in [0.15, 0.2) is 34.8 Å². The Morgan fingerprint density at radius 3 is 2.47 bits per heavy atom. The van der Waals surface area contributed by atoms with E-state index in [1.54, 1.807) is 0 Å². The molecular weight excluding hydrogens is 536 g/mol. The minimum Gasteiger partial charge on any atom is -0.384 e. The van der Waals surface area contributed by atoms with Crippen LogP contribution >= 0.6 is 23.5 Å². The van der Waals surface area contributed by atoms with Gasteiger partial charge in [0.05, 0.1) is 13.2 Å². The zero-order valence-electron chi connectivity index (χ0n) is 16.5. The van der Waals surface area contributed by atoms with Crippen LogP contribution in [0.3, 0.4) is 0 Å². The van der Waals surface area contributed by atoms with Gasteiger partial charge in [-0.15, -0.1) is 0 Å². The number of aliphatic hydroxyl groups is 2. The molecule has 2 aliphatic rings. The zero-order chi connectivity index (χ0) is 26.2. The van der Waals surface area contributed by atoms with E-state index in [1.807, 2.05) is 0 Å². The van der Waals surface area contributed by atoms with Crippen molar-refractivity contribution >= 4 is 29.3 Å². The number of ether oxygens (including phenoxy) is 1. The first-order valence-electron chi connectivity index (χ1n) is 8.40. The first-order valence-corrected chi connectivity index (χ1v) is 12.9. The van der Waals surface area contributed by atoms with Gasteiger partial charge >= 0.3 is 23.5 Å². The van der Waals surface area contributed by atoms with Gasteiger partial charge in [0.25, 0.3) is 5.85 Å². The SMILES string of the molecule is C=C1N=C(N)C=CN1[C@@H]1O[C@](CN=[N+]=[N-])(COP(=O)(O)OP(=O)(O)OP(=O)(O)O)[C@@H](O)[C@]1(O)F. The molecule has 0 aromatic heterocycles. The number of rotatable bonds is 10. The quantitative estimate of drug-likeness (QED) is 0.0768. The van der Waals surface area contributed by atoms with Gasteiger partial charge in [-0.3, -0.25) is 4.52 Å². The third-order valence-electron chi connectivity index (χ3n) is 4.08. The highest BCUT2D eigenvalue weighted by Crippen LogP contribution is 2.66. The summed E-state index contributed by atoms with van der Waals surface area (Å²) in [6.07, 6.45) is -2.63. The molecule has 0 aromatic carbocycles. The van der Waals surface area contributed by atoms with Crippen molar-refractivity contribution < 1.29 is 65.8 Å². The summed E-state index contributed by atoms with van der Waals surface area (Å²) in [5.41, 5.74) is 11.4. The summed E-state index contributed by atoms with van der Waals surface area (Å²) in [5.74, 6) is -4.03. The predicted octanol–water partition coefficient (Wildman–Crippen LogP) is -0.588. The van der Waals surface area contributed by atoms with Crippen LogP contribution in [0.1, 0.15) is 0 Å². The average molecular weight is 554 g/mol. The molecule has 2 rings (SSSR count). The molecule has 0 aliphatic carbocycles. The lowest BCUT2D eigenvalue weighted by atomic mass is 9.94. The van der Waals surface area contributed by atoms with E-state index in [1.165, 1.54) is 0 Å². The van der Waals surface area contributed by atoms with Gasteiger partial charge in [0, 0.05) is 11.1 Å². The highest BCUT2D eigenvalue weighted by molar-refractivity contribution is 7.66. The van der Waals surface area contributed by atoms with Crippen LogP contribution in [-0.4, -0.2) is 77.5 Å². The van der Waals surface area contributed by atoms with E-state index in [2.05, 4.69) is 34.7 Å². The van der Waals surface area contributed by atoms with Crippen LogP contribution in [0.5, 0.6) is 0 Å². The molecule has 19 nitrogen and oxygen atoms in total. The molecule has 2 aliphatic heterocycles. The van der Waals surface area contributed by atoms with E-state index in [-0.39, 0.29) is 11.7 Å². The highest BCUT2D eigenvalue weighted by Gasteiger charge is 2.66. The lowest BCUT2D eigenvalue weighted by Gasteiger charge is -2.33. The molecule has 1 saturated heterocycles. The number of aliphatic imine (C=N–C) groups is 1. The van der Waals surface area contributed by atoms with Crippen molar-refractivity contribution in [3.05, 3.63) is 35.1 Å². The lowest BCUT2D eigenvalue weighted by molar-refractivity contribution is -0.201. The van der Waals surface area contributed by atoms with E-state index >= 15 is 4.39 Å². The van der Waals surface area contributed by atoms with Gasteiger partial charge < -0.3 is 45.2 Å². The molecule has 6 atom stereocenters. The maximum atomic E-state index is 15.2. The number of phosphoric ester groups is 1. The smallest absolute Gasteiger partial charge is 0.384 e. The Bertz CT molecular complexity index is 1090. The van der Waals surface area contributed by atoms with Crippen molar-refractivity contribution in [2.45, 2.75) is 23.8 Å². The van der Waals surface area contributed by atoms with Crippen molar-refractivity contribution in [3.8, 4) is 0 Å². The van der Waals surface area contributed by atoms with E-state index in [0.29, 0.717) is 0 Å². The van der Waals surface area contributed by atoms with Gasteiger partial charge in [-0.1, -0.05) is 11.7 Å². The van der Waals surface area contributed by atoms with Crippen LogP contribution in [-0.2, 0) is 31.6 Å². The van der Waals surface area contributed by atoms with E-state index in [0.717, 1.165) is 17.2 Å². The molecule has 23 heteroatoms. The standard InChI is InChI=1S/C11H18FN6O13P3/c1-6-16-7(13)2-3-18(6)9-11(12,20)8(19)10(29-9,4-15-17-14)5-28-33(24,25)31-34(26,27)30-32(21,22)23/h2-3,8-9,19-20H,1,4-5H2,(H2,13,16)(H,24,25)(H,26,27)(H2,21,22,23)/t8-,9-,10-,11-/m1/s1. The molecule has 2 unspecified atom stereocenters. The highest BCUT2D eigenvalue weighted by atomic mass is 31.3. The number of aliphatic hydroxyl groups excluding tert-OH is 1. The van der Waals surface area contributed by atoms with E-state index in [9.17, 15) is 33.7 Å². The molecule has 0 bridgehead atoms. The summed E-state index contributed by atoms with van der Waals surface area (Å²) in [5, 5.41) is 23.7. The Morgan fingerprint density at radius 2 is 1.94 bits per heavy atom. The first kappa shape index (κ1) is 28.5. The molecule has 8 N–H and O–H groups in total. The number of hydrogen-bond donors (Lipinski definition) is 7. The first-order chi connectivity index (χ1) is 15.3. The van der Waals surface area contributed by atoms with Crippen molar-refractivity contribution in [2.75, 3.05) is 13.2 Å². The number of hydrogen-bond acceptors (Lipinski definition) is 13. The lowest BCUT2D eigenvalue weighted by Crippen LogP contribution is -2.54. The fourth-order valence-corrected chi connectivity index (χ4v) is 5.83. The Morgan fingerprint density at radius 1 is 1.32 bits per heavy atom. The number of nitrogens with two attached hydrogens (primary N) is 1. The molecule has 0 aromatic rings. The monoisotopic (exact) mass is 554 g/mol. The van der Waals surface area contributed by atoms with Crippen LogP contribution in [0.25, 0.3) is 10.4 Å². The van der Waals surface area contributed by atoms with Crippen LogP contribution in [0.4, 0.5) is 4.39 Å². The van der Waals surface area contributed by atoms with Gasteiger partial charge in [0.2, 0.25) is 0 Å². The maximum absolute atomic E-state index is 15.2. The van der Waals surface area contributed by atoms with Crippen LogP contribution in [0.2, 0.25) is 0 Å². The third kappa shape index (κ3) is 6.69. The number of azide groups is 1.